The van der Waals surface area contributed by atoms with Gasteiger partial charge in [-0.2, -0.15) is 0 Å². The molecule has 2 aliphatic heterocycles. The lowest BCUT2D eigenvalue weighted by Crippen LogP contribution is -2.58. The minimum Gasteiger partial charge on any atom is -0.479 e. The zero-order valence-corrected chi connectivity index (χ0v) is 24.6. The predicted molar refractivity (Wildman–Crippen MR) is 158 cm³/mol. The molecule has 3 aliphatic carbocycles. The number of piperidine rings is 2. The maximum absolute atomic E-state index is 12.6. The number of aliphatic imine (C=N–C) groups is 1. The Morgan fingerprint density at radius 1 is 1.10 bits per heavy atom. The molecule has 5 aliphatic rings. The van der Waals surface area contributed by atoms with E-state index in [0.717, 1.165) is 42.7 Å². The monoisotopic (exact) mass is 550 g/mol. The molecule has 8 nitrogen and oxygen atoms in total. The SMILES string of the molecule is CC(=Nc1ccccc1N(C=O)C1CC2CCCC(C1)N2CCC1CCC2CC1C2(C)C)/C(C)=N/OCC(=O)O. The van der Waals surface area contributed by atoms with Crippen LogP contribution in [0.2, 0.25) is 0 Å². The van der Waals surface area contributed by atoms with Crippen LogP contribution in [-0.2, 0) is 14.4 Å². The lowest BCUT2D eigenvalue weighted by molar-refractivity contribution is -0.142. The number of carboxylic acids is 1. The van der Waals surface area contributed by atoms with Gasteiger partial charge in [-0.25, -0.2) is 9.79 Å². The molecule has 6 rings (SSSR count). The zero-order valence-electron chi connectivity index (χ0n) is 24.6. The van der Waals surface area contributed by atoms with Crippen molar-refractivity contribution in [1.82, 2.24) is 4.90 Å². The number of benzene rings is 1. The van der Waals surface area contributed by atoms with Gasteiger partial charge in [0.05, 0.1) is 22.8 Å². The summed E-state index contributed by atoms with van der Waals surface area (Å²) in [6.45, 7) is 9.24. The van der Waals surface area contributed by atoms with E-state index in [2.05, 4.69) is 23.9 Å². The number of hydrogen-bond acceptors (Lipinski definition) is 6. The van der Waals surface area contributed by atoms with Crippen LogP contribution in [-0.4, -0.2) is 65.1 Å². The second kappa shape index (κ2) is 12.0. The third kappa shape index (κ3) is 5.83. The summed E-state index contributed by atoms with van der Waals surface area (Å²) < 4.78 is 0. The van der Waals surface area contributed by atoms with Crippen molar-refractivity contribution in [1.29, 1.82) is 0 Å². The fourth-order valence-corrected chi connectivity index (χ4v) is 8.29. The normalized spacial score (nSPS) is 31.7. The number of anilines is 1. The Hall–Kier alpha value is -2.74. The third-order valence-electron chi connectivity index (χ3n) is 10.7. The van der Waals surface area contributed by atoms with Gasteiger partial charge in [-0.1, -0.05) is 37.6 Å². The second-order valence-electron chi connectivity index (χ2n) is 13.1. The minimum atomic E-state index is -1.08. The maximum atomic E-state index is 12.6. The lowest BCUT2D eigenvalue weighted by Gasteiger charge is -2.60. The molecule has 2 saturated heterocycles. The van der Waals surface area contributed by atoms with Crippen molar-refractivity contribution in [2.24, 2.45) is 33.3 Å². The highest BCUT2D eigenvalue weighted by Gasteiger charge is 2.54. The smallest absolute Gasteiger partial charge is 0.344 e. The van der Waals surface area contributed by atoms with Crippen LogP contribution in [0.5, 0.6) is 0 Å². The van der Waals surface area contributed by atoms with Gasteiger partial charge in [0.1, 0.15) is 0 Å². The van der Waals surface area contributed by atoms with Crippen LogP contribution in [0.4, 0.5) is 11.4 Å². The topological polar surface area (TPSA) is 94.8 Å². The average Bonchev–Trinajstić information content (AvgIpc) is 2.92. The number of fused-ring (bicyclic) bond motifs is 4. The van der Waals surface area contributed by atoms with Crippen molar-refractivity contribution < 1.29 is 19.5 Å². The quantitative estimate of drug-likeness (QED) is 0.205. The summed E-state index contributed by atoms with van der Waals surface area (Å²) in [4.78, 5) is 37.6. The van der Waals surface area contributed by atoms with Gasteiger partial charge in [-0.15, -0.1) is 0 Å². The Morgan fingerprint density at radius 2 is 1.82 bits per heavy atom. The summed E-state index contributed by atoms with van der Waals surface area (Å²) in [5.74, 6) is 1.66. The molecular weight excluding hydrogens is 504 g/mol. The van der Waals surface area contributed by atoms with E-state index >= 15 is 0 Å². The van der Waals surface area contributed by atoms with Crippen LogP contribution < -0.4 is 4.90 Å². The number of hydrogen-bond donors (Lipinski definition) is 1. The molecule has 0 spiro atoms. The Morgan fingerprint density at radius 3 is 2.48 bits per heavy atom. The number of carbonyl (C=O) groups excluding carboxylic acids is 1. The summed E-state index contributed by atoms with van der Waals surface area (Å²) >= 11 is 0. The van der Waals surface area contributed by atoms with Crippen LogP contribution in [0.15, 0.2) is 34.4 Å². The second-order valence-corrected chi connectivity index (χ2v) is 13.1. The van der Waals surface area contributed by atoms with Gasteiger partial charge < -0.3 is 14.8 Å². The molecule has 1 amide bonds. The Labute approximate surface area is 238 Å². The van der Waals surface area contributed by atoms with Crippen molar-refractivity contribution in [3.05, 3.63) is 24.3 Å². The van der Waals surface area contributed by atoms with Crippen molar-refractivity contribution in [3.8, 4) is 0 Å². The number of aliphatic carboxylic acids is 1. The molecule has 5 atom stereocenters. The van der Waals surface area contributed by atoms with E-state index in [-0.39, 0.29) is 6.04 Å². The van der Waals surface area contributed by atoms with Gasteiger partial charge in [0.2, 0.25) is 13.0 Å². The Kier molecular flexibility index (Phi) is 8.64. The van der Waals surface area contributed by atoms with E-state index < -0.39 is 12.6 Å². The van der Waals surface area contributed by atoms with Gasteiger partial charge >= 0.3 is 5.97 Å². The molecule has 4 bridgehead atoms. The molecule has 218 valence electrons. The molecule has 3 saturated carbocycles. The number of para-hydroxylation sites is 2. The van der Waals surface area contributed by atoms with Crippen molar-refractivity contribution >= 4 is 35.2 Å². The van der Waals surface area contributed by atoms with Gasteiger partial charge in [0.25, 0.3) is 0 Å². The molecule has 2 heterocycles. The van der Waals surface area contributed by atoms with Crippen LogP contribution in [0, 0.1) is 23.2 Å². The first kappa shape index (κ1) is 28.8. The van der Waals surface area contributed by atoms with E-state index in [1.165, 1.54) is 51.5 Å². The molecule has 1 aromatic rings. The van der Waals surface area contributed by atoms with E-state index in [9.17, 15) is 9.59 Å². The number of amides is 1. The summed E-state index contributed by atoms with van der Waals surface area (Å²) in [6, 6.07) is 8.95. The standard InChI is InChI=1S/C32H46N4O4/c1-21(22(2)34-40-19-31(38)39)33-29-10-5-6-11-30(29)36(20-37)27-17-25-8-7-9-26(18-27)35(25)15-14-23-12-13-24-16-28(23)32(24,3)4/h5-6,10-11,20,23-28H,7-9,12-19H2,1-4H3,(H,38,39)/b33-21?,34-22+. The summed E-state index contributed by atoms with van der Waals surface area (Å²) in [6.07, 6.45) is 12.3. The van der Waals surface area contributed by atoms with Crippen LogP contribution >= 0.6 is 0 Å². The Bertz CT molecular complexity index is 1130. The minimum absolute atomic E-state index is 0.148. The molecule has 0 aromatic heterocycles. The number of nitrogens with zero attached hydrogens (tertiary/aromatic N) is 4. The molecule has 0 radical (unpaired) electrons. The largest absolute Gasteiger partial charge is 0.479 e. The van der Waals surface area contributed by atoms with Gasteiger partial charge in [0, 0.05) is 18.1 Å². The molecule has 5 unspecified atom stereocenters. The number of rotatable bonds is 11. The Balaban J connectivity index is 1.27. The number of oxime groups is 1. The number of carbonyl (C=O) groups is 2. The predicted octanol–water partition coefficient (Wildman–Crippen LogP) is 6.07. The first-order valence-electron chi connectivity index (χ1n) is 15.2. The van der Waals surface area contributed by atoms with E-state index in [1.54, 1.807) is 6.92 Å². The van der Waals surface area contributed by atoms with Crippen LogP contribution in [0.25, 0.3) is 0 Å². The molecule has 1 aromatic carbocycles. The zero-order chi connectivity index (χ0) is 28.4. The summed E-state index contributed by atoms with van der Waals surface area (Å²) in [5.41, 5.74) is 3.15. The molecule has 8 heteroatoms. The van der Waals surface area contributed by atoms with Crippen molar-refractivity contribution in [3.63, 3.8) is 0 Å². The molecule has 40 heavy (non-hydrogen) atoms. The van der Waals surface area contributed by atoms with Gasteiger partial charge in [-0.3, -0.25) is 9.69 Å². The van der Waals surface area contributed by atoms with E-state index in [4.69, 9.17) is 14.9 Å². The molecule has 1 N–H and O–H groups in total. The van der Waals surface area contributed by atoms with Gasteiger partial charge in [-0.05, 0) is 107 Å². The van der Waals surface area contributed by atoms with E-state index in [0.29, 0.717) is 34.6 Å². The highest BCUT2D eigenvalue weighted by Crippen LogP contribution is 2.62. The maximum Gasteiger partial charge on any atom is 0.344 e. The molecule has 5 fully saturated rings. The highest BCUT2D eigenvalue weighted by atomic mass is 16.6. The molecular formula is C32H46N4O4. The van der Waals surface area contributed by atoms with Crippen molar-refractivity contribution in [2.45, 2.75) is 104 Å². The van der Waals surface area contributed by atoms with Crippen LogP contribution in [0.3, 0.4) is 0 Å². The first-order valence-corrected chi connectivity index (χ1v) is 15.2. The fraction of sp³-hybridized carbons (Fsp3) is 0.688. The van der Waals surface area contributed by atoms with Crippen LogP contribution in [0.1, 0.15) is 85.5 Å². The first-order chi connectivity index (χ1) is 19.2. The number of carboxylic acid groups (broad SMARTS) is 1. The summed E-state index contributed by atoms with van der Waals surface area (Å²) in [5, 5.41) is 12.7. The highest BCUT2D eigenvalue weighted by molar-refractivity contribution is 6.41. The fourth-order valence-electron chi connectivity index (χ4n) is 8.29. The average molecular weight is 551 g/mol. The van der Waals surface area contributed by atoms with Crippen molar-refractivity contribution in [2.75, 3.05) is 18.1 Å². The van der Waals surface area contributed by atoms with Gasteiger partial charge in [0.15, 0.2) is 0 Å². The van der Waals surface area contributed by atoms with E-state index in [1.807, 2.05) is 36.1 Å². The summed E-state index contributed by atoms with van der Waals surface area (Å²) in [7, 11) is 0. The lowest BCUT2D eigenvalue weighted by atomic mass is 9.45. The third-order valence-corrected chi connectivity index (χ3v) is 10.7.